The fraction of sp³-hybridized carbons (Fsp3) is 0.222. The first-order chi connectivity index (χ1) is 11.1. The van der Waals surface area contributed by atoms with Crippen LogP contribution in [0.1, 0.15) is 11.1 Å². The van der Waals surface area contributed by atoms with Crippen molar-refractivity contribution in [3.05, 3.63) is 59.7 Å². The van der Waals surface area contributed by atoms with E-state index in [1.807, 2.05) is 36.4 Å². The number of likely N-dealkylation sites (N-methyl/N-ethyl adjacent to an activating group) is 1. The van der Waals surface area contributed by atoms with Gasteiger partial charge >= 0.3 is 0 Å². The molecule has 23 heavy (non-hydrogen) atoms. The summed E-state index contributed by atoms with van der Waals surface area (Å²) in [5.74, 6) is 1.29. The summed E-state index contributed by atoms with van der Waals surface area (Å²) in [7, 11) is 1.77. The zero-order chi connectivity index (χ0) is 16.2. The van der Waals surface area contributed by atoms with E-state index < -0.39 is 0 Å². The summed E-state index contributed by atoms with van der Waals surface area (Å²) in [6.07, 6.45) is 0.401. The third kappa shape index (κ3) is 3.74. The average Bonchev–Trinajstić information content (AvgIpc) is 2.82. The SMILES string of the molecule is CN1C(=O)Cc2cc(NC(=O)CSCc3ccccc3)ccc21. The molecule has 2 aromatic rings. The highest BCUT2D eigenvalue weighted by molar-refractivity contribution is 7.99. The number of carbonyl (C=O) groups is 2. The first-order valence-electron chi connectivity index (χ1n) is 7.44. The predicted molar refractivity (Wildman–Crippen MR) is 94.8 cm³/mol. The van der Waals surface area contributed by atoms with Gasteiger partial charge in [0.1, 0.15) is 0 Å². The Bertz CT molecular complexity index is 731. The van der Waals surface area contributed by atoms with Gasteiger partial charge in [-0.3, -0.25) is 9.59 Å². The van der Waals surface area contributed by atoms with Gasteiger partial charge in [-0.1, -0.05) is 30.3 Å². The van der Waals surface area contributed by atoms with Crippen molar-refractivity contribution < 1.29 is 9.59 Å². The lowest BCUT2D eigenvalue weighted by atomic mass is 10.1. The molecular formula is C18H18N2O2S. The molecule has 5 heteroatoms. The molecule has 0 saturated heterocycles. The number of anilines is 2. The van der Waals surface area contributed by atoms with Crippen LogP contribution in [0.25, 0.3) is 0 Å². The summed E-state index contributed by atoms with van der Waals surface area (Å²) in [5, 5.41) is 2.90. The number of amides is 2. The van der Waals surface area contributed by atoms with Gasteiger partial charge in [0.05, 0.1) is 12.2 Å². The minimum atomic E-state index is -0.0245. The number of hydrogen-bond donors (Lipinski definition) is 1. The first-order valence-corrected chi connectivity index (χ1v) is 8.60. The molecule has 0 aromatic heterocycles. The molecule has 0 fully saturated rings. The summed E-state index contributed by atoms with van der Waals surface area (Å²) in [5.41, 5.74) is 3.85. The lowest BCUT2D eigenvalue weighted by Gasteiger charge is -2.11. The van der Waals surface area contributed by atoms with Crippen LogP contribution in [0.3, 0.4) is 0 Å². The van der Waals surface area contributed by atoms with E-state index in [0.29, 0.717) is 12.2 Å². The molecule has 118 valence electrons. The number of benzene rings is 2. The van der Waals surface area contributed by atoms with Gasteiger partial charge < -0.3 is 10.2 Å². The van der Waals surface area contributed by atoms with Crippen molar-refractivity contribution in [1.82, 2.24) is 0 Å². The van der Waals surface area contributed by atoms with Crippen molar-refractivity contribution in [2.75, 3.05) is 23.0 Å². The standard InChI is InChI=1S/C18H18N2O2S/c1-20-16-8-7-15(9-14(16)10-18(20)22)19-17(21)12-23-11-13-5-3-2-4-6-13/h2-9H,10-12H2,1H3,(H,19,21). The normalized spacial score (nSPS) is 13.1. The summed E-state index contributed by atoms with van der Waals surface area (Å²) in [6.45, 7) is 0. The minimum absolute atomic E-state index is 0.0245. The van der Waals surface area contributed by atoms with Crippen LogP contribution in [0.2, 0.25) is 0 Å². The Morgan fingerprint density at radius 3 is 2.78 bits per heavy atom. The number of nitrogens with one attached hydrogen (secondary N) is 1. The molecule has 0 aliphatic carbocycles. The second-order valence-corrected chi connectivity index (χ2v) is 6.49. The molecule has 1 heterocycles. The van der Waals surface area contributed by atoms with E-state index in [4.69, 9.17) is 0 Å². The van der Waals surface area contributed by atoms with Crippen molar-refractivity contribution in [2.24, 2.45) is 0 Å². The van der Waals surface area contributed by atoms with Gasteiger partial charge in [-0.05, 0) is 29.3 Å². The molecule has 0 bridgehead atoms. The van der Waals surface area contributed by atoms with E-state index in [1.165, 1.54) is 5.56 Å². The van der Waals surface area contributed by atoms with Crippen molar-refractivity contribution in [3.8, 4) is 0 Å². The highest BCUT2D eigenvalue weighted by atomic mass is 32.2. The van der Waals surface area contributed by atoms with Gasteiger partial charge in [-0.15, -0.1) is 11.8 Å². The third-order valence-electron chi connectivity index (χ3n) is 3.79. The first kappa shape index (κ1) is 15.6. The zero-order valence-corrected chi connectivity index (χ0v) is 13.7. The third-order valence-corrected chi connectivity index (χ3v) is 4.79. The number of rotatable bonds is 5. The molecule has 1 aliphatic rings. The predicted octanol–water partition coefficient (Wildman–Crippen LogP) is 3.08. The molecular weight excluding hydrogens is 308 g/mol. The molecule has 0 atom stereocenters. The van der Waals surface area contributed by atoms with E-state index in [-0.39, 0.29) is 11.8 Å². The van der Waals surface area contributed by atoms with E-state index >= 15 is 0 Å². The number of nitrogens with zero attached hydrogens (tertiary/aromatic N) is 1. The van der Waals surface area contributed by atoms with Crippen molar-refractivity contribution in [1.29, 1.82) is 0 Å². The van der Waals surface area contributed by atoms with Gasteiger partial charge in [-0.2, -0.15) is 0 Å². The van der Waals surface area contributed by atoms with Crippen LogP contribution in [-0.2, 0) is 21.8 Å². The topological polar surface area (TPSA) is 49.4 Å². The van der Waals surface area contributed by atoms with Gasteiger partial charge in [0, 0.05) is 24.2 Å². The zero-order valence-electron chi connectivity index (χ0n) is 12.9. The Morgan fingerprint density at radius 2 is 2.00 bits per heavy atom. The van der Waals surface area contributed by atoms with Crippen LogP contribution in [0.5, 0.6) is 0 Å². The van der Waals surface area contributed by atoms with E-state index in [1.54, 1.807) is 23.7 Å². The Labute approximate surface area is 139 Å². The molecule has 4 nitrogen and oxygen atoms in total. The molecule has 2 amide bonds. The van der Waals surface area contributed by atoms with E-state index in [0.717, 1.165) is 22.7 Å². The number of thioether (sulfide) groups is 1. The molecule has 0 spiro atoms. The van der Waals surface area contributed by atoms with Crippen LogP contribution >= 0.6 is 11.8 Å². The largest absolute Gasteiger partial charge is 0.325 e. The lowest BCUT2D eigenvalue weighted by Crippen LogP contribution is -2.20. The van der Waals surface area contributed by atoms with Crippen LogP contribution in [0.15, 0.2) is 48.5 Å². The second-order valence-electron chi connectivity index (χ2n) is 5.50. The number of fused-ring (bicyclic) bond motifs is 1. The summed E-state index contributed by atoms with van der Waals surface area (Å²) in [4.78, 5) is 25.3. The number of hydrogen-bond acceptors (Lipinski definition) is 3. The van der Waals surface area contributed by atoms with Crippen LogP contribution in [-0.4, -0.2) is 24.6 Å². The number of carbonyl (C=O) groups excluding carboxylic acids is 2. The van der Waals surface area contributed by atoms with Crippen LogP contribution < -0.4 is 10.2 Å². The second kappa shape index (κ2) is 6.87. The van der Waals surface area contributed by atoms with Crippen molar-refractivity contribution >= 4 is 35.0 Å². The summed E-state index contributed by atoms with van der Waals surface area (Å²) >= 11 is 1.59. The van der Waals surface area contributed by atoms with E-state index in [9.17, 15) is 9.59 Å². The minimum Gasteiger partial charge on any atom is -0.325 e. The highest BCUT2D eigenvalue weighted by Gasteiger charge is 2.23. The van der Waals surface area contributed by atoms with E-state index in [2.05, 4.69) is 17.4 Å². The fourth-order valence-electron chi connectivity index (χ4n) is 2.58. The molecule has 2 aromatic carbocycles. The Morgan fingerprint density at radius 1 is 1.22 bits per heavy atom. The maximum absolute atomic E-state index is 12.0. The van der Waals surface area contributed by atoms with Gasteiger partial charge in [0.15, 0.2) is 0 Å². The van der Waals surface area contributed by atoms with Gasteiger partial charge in [-0.25, -0.2) is 0 Å². The average molecular weight is 326 g/mol. The monoisotopic (exact) mass is 326 g/mol. The molecule has 1 aliphatic heterocycles. The summed E-state index contributed by atoms with van der Waals surface area (Å²) < 4.78 is 0. The quantitative estimate of drug-likeness (QED) is 0.918. The maximum atomic E-state index is 12.0. The molecule has 1 N–H and O–H groups in total. The van der Waals surface area contributed by atoms with Gasteiger partial charge in [0.25, 0.3) is 0 Å². The lowest BCUT2D eigenvalue weighted by molar-refractivity contribution is -0.117. The van der Waals surface area contributed by atoms with Crippen molar-refractivity contribution in [2.45, 2.75) is 12.2 Å². The van der Waals surface area contributed by atoms with Crippen molar-refractivity contribution in [3.63, 3.8) is 0 Å². The summed E-state index contributed by atoms with van der Waals surface area (Å²) in [6, 6.07) is 15.7. The molecule has 0 radical (unpaired) electrons. The van der Waals surface area contributed by atoms with Crippen LogP contribution in [0.4, 0.5) is 11.4 Å². The maximum Gasteiger partial charge on any atom is 0.234 e. The molecule has 0 saturated carbocycles. The molecule has 3 rings (SSSR count). The van der Waals surface area contributed by atoms with Gasteiger partial charge in [0.2, 0.25) is 11.8 Å². The van der Waals surface area contributed by atoms with Crippen LogP contribution in [0, 0.1) is 0 Å². The smallest absolute Gasteiger partial charge is 0.234 e. The molecule has 0 unspecified atom stereocenters. The Kier molecular flexibility index (Phi) is 4.67. The fourth-order valence-corrected chi connectivity index (χ4v) is 3.37. The Balaban J connectivity index is 1.53. The highest BCUT2D eigenvalue weighted by Crippen LogP contribution is 2.30. The Hall–Kier alpha value is -2.27.